The number of hydrogen-bond donors (Lipinski definition) is 0. The maximum absolute atomic E-state index is 12.7. The summed E-state index contributed by atoms with van der Waals surface area (Å²) in [5.41, 5.74) is 2.19. The zero-order valence-corrected chi connectivity index (χ0v) is 17.3. The third-order valence-corrected chi connectivity index (χ3v) is 5.92. The van der Waals surface area contributed by atoms with Crippen molar-refractivity contribution in [2.24, 2.45) is 0 Å². The van der Waals surface area contributed by atoms with Crippen molar-refractivity contribution in [3.05, 3.63) is 69.8 Å². The summed E-state index contributed by atoms with van der Waals surface area (Å²) in [6, 6.07) is 13.0. The second-order valence-electron chi connectivity index (χ2n) is 6.42. The minimum Gasteiger partial charge on any atom is -0.358 e. The van der Waals surface area contributed by atoms with Gasteiger partial charge in [-0.3, -0.25) is 0 Å². The quantitative estimate of drug-likeness (QED) is 0.515. The molecular weight excluding hydrogens is 407 g/mol. The van der Waals surface area contributed by atoms with E-state index in [0.29, 0.717) is 21.4 Å². The Morgan fingerprint density at radius 3 is 2.26 bits per heavy atom. The van der Waals surface area contributed by atoms with Crippen LogP contribution in [0.2, 0.25) is 10.0 Å². The van der Waals surface area contributed by atoms with E-state index in [4.69, 9.17) is 27.4 Å². The fourth-order valence-electron chi connectivity index (χ4n) is 2.39. The number of rotatable bonds is 5. The van der Waals surface area contributed by atoms with E-state index in [2.05, 4.69) is 5.10 Å². The summed E-state index contributed by atoms with van der Waals surface area (Å²) in [5.74, 6) is 0.163. The summed E-state index contributed by atoms with van der Waals surface area (Å²) in [7, 11) is -4.01. The minimum absolute atomic E-state index is 0.0704. The molecule has 0 saturated carbocycles. The lowest BCUT2D eigenvalue weighted by Gasteiger charge is -2.10. The summed E-state index contributed by atoms with van der Waals surface area (Å²) in [5, 5.41) is 5.20. The van der Waals surface area contributed by atoms with E-state index in [9.17, 15) is 8.42 Å². The first-order valence-corrected chi connectivity index (χ1v) is 10.4. The second-order valence-corrected chi connectivity index (χ2v) is 8.78. The van der Waals surface area contributed by atoms with E-state index in [1.165, 1.54) is 16.8 Å². The normalized spacial score (nSPS) is 11.8. The highest BCUT2D eigenvalue weighted by atomic mass is 35.5. The van der Waals surface area contributed by atoms with Crippen molar-refractivity contribution in [3.8, 4) is 11.6 Å². The maximum atomic E-state index is 12.7. The molecule has 0 radical (unpaired) electrons. The number of hydrogen-bond acceptors (Lipinski definition) is 4. The van der Waals surface area contributed by atoms with Gasteiger partial charge >= 0.3 is 10.1 Å². The molecule has 0 spiro atoms. The van der Waals surface area contributed by atoms with Crippen LogP contribution in [0.5, 0.6) is 5.88 Å². The molecule has 1 aromatic heterocycles. The maximum Gasteiger partial charge on any atom is 0.340 e. The van der Waals surface area contributed by atoms with Gasteiger partial charge in [-0.1, -0.05) is 54.7 Å². The molecule has 0 aliphatic heterocycles. The fourth-order valence-corrected chi connectivity index (χ4v) is 3.59. The predicted octanol–water partition coefficient (Wildman–Crippen LogP) is 5.38. The van der Waals surface area contributed by atoms with Crippen molar-refractivity contribution in [2.75, 3.05) is 0 Å². The number of benzene rings is 2. The number of aromatic nitrogens is 2. The Hall–Kier alpha value is -2.02. The third-order valence-electron chi connectivity index (χ3n) is 3.94. The molecular formula is C19H18Cl2N2O3S. The summed E-state index contributed by atoms with van der Waals surface area (Å²) in [6.45, 7) is 5.80. The van der Waals surface area contributed by atoms with Gasteiger partial charge in [-0.2, -0.15) is 18.2 Å². The fraction of sp³-hybridized carbons (Fsp3) is 0.211. The summed E-state index contributed by atoms with van der Waals surface area (Å²) < 4.78 is 32.2. The topological polar surface area (TPSA) is 61.2 Å². The molecule has 0 N–H and O–H groups in total. The molecule has 0 unspecified atom stereocenters. The van der Waals surface area contributed by atoms with Crippen LogP contribution in [0.1, 0.15) is 31.0 Å². The van der Waals surface area contributed by atoms with E-state index >= 15 is 0 Å². The van der Waals surface area contributed by atoms with Gasteiger partial charge < -0.3 is 4.18 Å². The number of aryl methyl sites for hydroxylation is 1. The Kier molecular flexibility index (Phi) is 5.51. The number of nitrogens with zero attached hydrogens (tertiary/aromatic N) is 2. The molecule has 0 aliphatic carbocycles. The third kappa shape index (κ3) is 4.29. The molecule has 2 aromatic carbocycles. The molecule has 0 saturated heterocycles. The molecule has 0 bridgehead atoms. The van der Waals surface area contributed by atoms with Crippen LogP contribution in [0.25, 0.3) is 5.69 Å². The smallest absolute Gasteiger partial charge is 0.340 e. The van der Waals surface area contributed by atoms with Gasteiger partial charge in [-0.15, -0.1) is 0 Å². The van der Waals surface area contributed by atoms with Crippen LogP contribution in [0.15, 0.2) is 53.4 Å². The first-order valence-electron chi connectivity index (χ1n) is 8.24. The van der Waals surface area contributed by atoms with Gasteiger partial charge in [0.25, 0.3) is 0 Å². The highest BCUT2D eigenvalue weighted by Gasteiger charge is 2.22. The van der Waals surface area contributed by atoms with Gasteiger partial charge in [-0.05, 0) is 43.2 Å². The van der Waals surface area contributed by atoms with E-state index in [-0.39, 0.29) is 16.7 Å². The Bertz CT molecular complexity index is 1070. The van der Waals surface area contributed by atoms with Gasteiger partial charge in [0.15, 0.2) is 0 Å². The van der Waals surface area contributed by atoms with E-state index in [1.54, 1.807) is 36.4 Å². The van der Waals surface area contributed by atoms with E-state index < -0.39 is 10.1 Å². The highest BCUT2D eigenvalue weighted by molar-refractivity contribution is 7.87. The van der Waals surface area contributed by atoms with E-state index in [1.807, 2.05) is 20.8 Å². The molecule has 8 heteroatoms. The lowest BCUT2D eigenvalue weighted by Crippen LogP contribution is -2.12. The monoisotopic (exact) mass is 424 g/mol. The first kappa shape index (κ1) is 19.7. The Labute approximate surface area is 168 Å². The summed E-state index contributed by atoms with van der Waals surface area (Å²) in [6.07, 6.45) is 0. The largest absolute Gasteiger partial charge is 0.358 e. The summed E-state index contributed by atoms with van der Waals surface area (Å²) in [4.78, 5) is 0.0704. The Morgan fingerprint density at radius 2 is 1.67 bits per heavy atom. The molecule has 3 rings (SSSR count). The molecule has 0 amide bonds. The Balaban J connectivity index is 2.06. The van der Waals surface area contributed by atoms with Crippen LogP contribution in [0.4, 0.5) is 0 Å². The van der Waals surface area contributed by atoms with Crippen molar-refractivity contribution < 1.29 is 12.6 Å². The molecule has 27 heavy (non-hydrogen) atoms. The van der Waals surface area contributed by atoms with Crippen molar-refractivity contribution in [1.82, 2.24) is 9.78 Å². The van der Waals surface area contributed by atoms with Gasteiger partial charge in [0.2, 0.25) is 5.88 Å². The zero-order chi connectivity index (χ0) is 19.8. The standard InChI is InChI=1S/C19H18Cl2N2O3S/c1-12(2)18-11-19(23(22-18)14-6-9-16(20)17(21)10-14)26-27(24,25)15-7-4-13(3)5-8-15/h4-12H,1-3H3. The van der Waals surface area contributed by atoms with Crippen LogP contribution < -0.4 is 4.18 Å². The van der Waals surface area contributed by atoms with Crippen LogP contribution in [0, 0.1) is 6.92 Å². The van der Waals surface area contributed by atoms with Crippen LogP contribution in [-0.4, -0.2) is 18.2 Å². The first-order chi connectivity index (χ1) is 12.7. The molecule has 142 valence electrons. The van der Waals surface area contributed by atoms with Gasteiger partial charge in [0.05, 0.1) is 21.4 Å². The molecule has 5 nitrogen and oxygen atoms in total. The predicted molar refractivity (Wildman–Crippen MR) is 107 cm³/mol. The summed E-state index contributed by atoms with van der Waals surface area (Å²) >= 11 is 12.1. The minimum atomic E-state index is -4.01. The van der Waals surface area contributed by atoms with Crippen LogP contribution in [0.3, 0.4) is 0 Å². The van der Waals surface area contributed by atoms with Gasteiger partial charge in [-0.25, -0.2) is 0 Å². The highest BCUT2D eigenvalue weighted by Crippen LogP contribution is 2.30. The number of halogens is 2. The van der Waals surface area contributed by atoms with Crippen LogP contribution >= 0.6 is 23.2 Å². The van der Waals surface area contributed by atoms with Crippen molar-refractivity contribution >= 4 is 33.3 Å². The molecule has 0 fully saturated rings. The average Bonchev–Trinajstić information content (AvgIpc) is 3.01. The molecule has 1 heterocycles. The second kappa shape index (κ2) is 7.54. The van der Waals surface area contributed by atoms with Crippen molar-refractivity contribution in [3.63, 3.8) is 0 Å². The molecule has 0 aliphatic rings. The van der Waals surface area contributed by atoms with E-state index in [0.717, 1.165) is 5.56 Å². The van der Waals surface area contributed by atoms with Gasteiger partial charge in [0.1, 0.15) is 4.90 Å². The Morgan fingerprint density at radius 1 is 1.00 bits per heavy atom. The lowest BCUT2D eigenvalue weighted by molar-refractivity contribution is 0.465. The van der Waals surface area contributed by atoms with Crippen molar-refractivity contribution in [2.45, 2.75) is 31.6 Å². The van der Waals surface area contributed by atoms with Crippen molar-refractivity contribution in [1.29, 1.82) is 0 Å². The molecule has 0 atom stereocenters. The SMILES string of the molecule is Cc1ccc(S(=O)(=O)Oc2cc(C(C)C)nn2-c2ccc(Cl)c(Cl)c2)cc1. The average molecular weight is 425 g/mol. The molecule has 3 aromatic rings. The van der Waals surface area contributed by atoms with Gasteiger partial charge in [0, 0.05) is 6.07 Å². The van der Waals surface area contributed by atoms with Crippen LogP contribution in [-0.2, 0) is 10.1 Å². The lowest BCUT2D eigenvalue weighted by atomic mass is 10.1. The zero-order valence-electron chi connectivity index (χ0n) is 15.0.